The third-order valence-electron chi connectivity index (χ3n) is 15.8. The van der Waals surface area contributed by atoms with Gasteiger partial charge in [-0.25, -0.2) is 8.78 Å². The van der Waals surface area contributed by atoms with Gasteiger partial charge in [0, 0.05) is 78.9 Å². The summed E-state index contributed by atoms with van der Waals surface area (Å²) < 4.78 is 312. The summed E-state index contributed by atoms with van der Waals surface area (Å²) in [6.07, 6.45) is -14.6. The van der Waals surface area contributed by atoms with E-state index in [-0.39, 0.29) is 35.6 Å². The number of likely N-dealkylation sites (N-methyl/N-ethyl adjacent to an activating group) is 2. The van der Waals surface area contributed by atoms with Crippen LogP contribution in [0.1, 0.15) is 147 Å². The highest BCUT2D eigenvalue weighted by molar-refractivity contribution is 7.98. The van der Waals surface area contributed by atoms with Crippen LogP contribution < -0.4 is 11.1 Å². The van der Waals surface area contributed by atoms with Gasteiger partial charge in [-0.05, 0) is 170 Å². The highest BCUT2D eigenvalue weighted by Gasteiger charge is 2.34. The number of fused-ring (bicyclic) bond motifs is 2. The number of alkyl halides is 6. The molecule has 8 aromatic rings. The number of halogens is 8. The number of amides is 2. The topological polar surface area (TPSA) is 117 Å². The molecule has 0 bridgehead atoms. The average molecular weight is 1400 g/mol. The molecule has 2 aliphatic carbocycles. The smallest absolute Gasteiger partial charge is 0.336 e. The monoisotopic (exact) mass is 1400 g/mol. The highest BCUT2D eigenvalue weighted by Crippen LogP contribution is 2.36. The lowest BCUT2D eigenvalue weighted by atomic mass is 9.98. The van der Waals surface area contributed by atoms with Gasteiger partial charge >= 0.3 is 12.4 Å². The fourth-order valence-electron chi connectivity index (χ4n) is 10.5. The maximum atomic E-state index is 14.9. The van der Waals surface area contributed by atoms with Gasteiger partial charge in [0.2, 0.25) is 11.8 Å². The van der Waals surface area contributed by atoms with Gasteiger partial charge in [0.25, 0.3) is 11.1 Å². The molecule has 2 atom stereocenters. The van der Waals surface area contributed by atoms with Crippen molar-refractivity contribution in [2.45, 2.75) is 140 Å². The molecule has 97 heavy (non-hydrogen) atoms. The molecule has 22 heteroatoms. The Labute approximate surface area is 602 Å². The molecule has 2 amide bonds. The molecular formula is C75H82F8N8O4S2. The fraction of sp³-hybridized carbons (Fsp3) is 0.387. The zero-order chi connectivity index (χ0) is 90.1. The summed E-state index contributed by atoms with van der Waals surface area (Å²) in [6, 6.07) is 1.22. The minimum atomic E-state index is -5.19. The standard InChI is InChI=1S/C38H42F4N4O2S.C37H40F4N4O2S/c1-5-44(6-2)17-18-45(22-27-7-11-29(12-8-27)30-13-16-33(26(4)21-30)38(40,41)42)35(47)23-46-34-20-25(3)19-32(34)36(48)43-37(46)49-24-28-9-14-31(39)15-10-28;1-4-43(5-2)21-22-44(25(3)27-11-13-28(14-12-27)29-15-17-30(18-16-29)37(39,40)41)34(46)23-45-33-8-6-7-32(33)35(47)42-36(45)48-24-26-9-19-31(38)20-10-26/h7-16,21,25H,5-6,17-20,22-24H2,1-4H3;9-20,25H,4-8,21-24H2,1-3H3/i7D,8D,11D,12D,13D,16D,19D2,20D2,21D,22D2,24D2,25D;9D,10D,19D,20D,24D2,25D. The van der Waals surface area contributed by atoms with Gasteiger partial charge in [0.1, 0.15) is 24.7 Å². The lowest BCUT2D eigenvalue weighted by Gasteiger charge is -2.33. The van der Waals surface area contributed by atoms with Gasteiger partial charge in [0.15, 0.2) is 10.3 Å². The number of aromatic nitrogens is 4. The SMILES string of the molecule is [2H]c1c([2H])c(C([2H])([2H])N(CCN(CC)CC)C(=O)Cn2c(SC([2H])([2H])c3ccc(F)cc3)nc(=O)c3c2C([2H])([2H])C([2H])(C)C3([2H])[2H])c([2H])c([2H])c1-c1c([2H])c([2H])c(C(F)(F)F)c(C)c1[2H].[2H]c1c([2H])c(C([2H])([2H])Sc2nc(=O)c3c(n2CC(=O)N(CCN(CC)CC)C([2H])(C)c2ccc(-c4ccc(C(F)(F)F)cc4)cc2)CCC3)c([2H])c([2H])c1F. The van der Waals surface area contributed by atoms with E-state index < -0.39 is 231 Å². The first-order valence-electron chi connectivity index (χ1n) is 42.2. The molecule has 514 valence electrons. The lowest BCUT2D eigenvalue weighted by molar-refractivity contribution is -0.138. The van der Waals surface area contributed by atoms with E-state index in [0.29, 0.717) is 101 Å². The van der Waals surface area contributed by atoms with Crippen LogP contribution in [0.4, 0.5) is 35.1 Å². The van der Waals surface area contributed by atoms with Crippen molar-refractivity contribution in [2.75, 3.05) is 52.4 Å². The van der Waals surface area contributed by atoms with Gasteiger partial charge in [-0.15, -0.1) is 0 Å². The lowest BCUT2D eigenvalue weighted by Crippen LogP contribution is -2.42. The third kappa shape index (κ3) is 19.1. The van der Waals surface area contributed by atoms with Crippen LogP contribution in [-0.4, -0.2) is 103 Å². The van der Waals surface area contributed by atoms with Crippen LogP contribution in [0.25, 0.3) is 22.3 Å². The quantitative estimate of drug-likeness (QED) is 0.0295. The van der Waals surface area contributed by atoms with Crippen molar-refractivity contribution in [3.63, 3.8) is 0 Å². The predicted molar refractivity (Wildman–Crippen MR) is 367 cm³/mol. The van der Waals surface area contributed by atoms with Crippen molar-refractivity contribution in [3.05, 3.63) is 233 Å². The number of carbonyl (C=O) groups is 2. The minimum absolute atomic E-state index is 0.0961. The summed E-state index contributed by atoms with van der Waals surface area (Å²) in [5.74, 6) is -6.87. The van der Waals surface area contributed by atoms with Crippen LogP contribution in [0.2, 0.25) is 0 Å². The van der Waals surface area contributed by atoms with Gasteiger partial charge in [-0.3, -0.25) is 19.2 Å². The Bertz CT molecular complexity index is 5320. The van der Waals surface area contributed by atoms with Gasteiger partial charge in [-0.1, -0.05) is 155 Å². The van der Waals surface area contributed by atoms with Crippen LogP contribution in [0, 0.1) is 24.5 Å². The molecular weight excluding hydrogens is 1290 g/mol. The van der Waals surface area contributed by atoms with Crippen LogP contribution in [-0.2, 0) is 78.5 Å². The number of thioether (sulfide) groups is 2. The maximum absolute atomic E-state index is 14.9. The van der Waals surface area contributed by atoms with Crippen molar-refractivity contribution in [3.8, 4) is 22.3 Å². The number of benzene rings is 6. The second-order valence-corrected chi connectivity index (χ2v) is 23.6. The molecule has 0 saturated heterocycles. The Morgan fingerprint density at radius 2 is 1.16 bits per heavy atom. The Morgan fingerprint density at radius 3 is 1.75 bits per heavy atom. The predicted octanol–water partition coefficient (Wildman–Crippen LogP) is 15.6. The molecule has 12 nitrogen and oxygen atoms in total. The van der Waals surface area contributed by atoms with Crippen molar-refractivity contribution < 1.29 is 76.2 Å². The molecule has 0 spiro atoms. The van der Waals surface area contributed by atoms with Crippen LogP contribution >= 0.6 is 23.5 Å². The van der Waals surface area contributed by atoms with Crippen LogP contribution in [0.15, 0.2) is 159 Å². The van der Waals surface area contributed by atoms with E-state index in [1.807, 2.05) is 13.8 Å². The average Bonchev–Trinajstić information content (AvgIpc) is 1.54. The fourth-order valence-corrected chi connectivity index (χ4v) is 11.9. The molecule has 0 fully saturated rings. The summed E-state index contributed by atoms with van der Waals surface area (Å²) in [5, 5.41) is -1.01. The Balaban J connectivity index is 0.000000277. The Morgan fingerprint density at radius 1 is 0.629 bits per heavy atom. The largest absolute Gasteiger partial charge is 0.416 e. The summed E-state index contributed by atoms with van der Waals surface area (Å²) in [6.45, 7) is 7.29. The number of nitrogens with zero attached hydrogens (tertiary/aromatic N) is 8. The summed E-state index contributed by atoms with van der Waals surface area (Å²) in [5.41, 5.74) is -14.1. The van der Waals surface area contributed by atoms with Crippen molar-refractivity contribution in [1.82, 2.24) is 38.7 Å². The maximum Gasteiger partial charge on any atom is 0.416 e. The van der Waals surface area contributed by atoms with E-state index in [1.165, 1.54) is 21.6 Å². The normalized spacial score (nSPS) is 19.9. The number of hydrogen-bond donors (Lipinski definition) is 0. The van der Waals surface area contributed by atoms with Crippen LogP contribution in [0.5, 0.6) is 0 Å². The van der Waals surface area contributed by atoms with Crippen molar-refractivity contribution in [1.29, 1.82) is 0 Å². The van der Waals surface area contributed by atoms with Crippen molar-refractivity contribution >= 4 is 35.3 Å². The van der Waals surface area contributed by atoms with Crippen LogP contribution in [0.3, 0.4) is 0 Å². The summed E-state index contributed by atoms with van der Waals surface area (Å²) in [4.78, 5) is 69.8. The molecule has 10 rings (SSSR count). The molecule has 2 aliphatic rings. The van der Waals surface area contributed by atoms with E-state index in [9.17, 15) is 58.4 Å². The van der Waals surface area contributed by atoms with Gasteiger partial charge in [0.05, 0.1) is 36.3 Å². The molecule has 2 heterocycles. The second kappa shape index (κ2) is 33.1. The molecule has 2 aromatic heterocycles. The van der Waals surface area contributed by atoms with E-state index in [1.54, 1.807) is 49.9 Å². The minimum Gasteiger partial charge on any atom is -0.336 e. The van der Waals surface area contributed by atoms with Gasteiger partial charge < -0.3 is 28.7 Å². The molecule has 0 aliphatic heterocycles. The van der Waals surface area contributed by atoms with Gasteiger partial charge in [-0.2, -0.15) is 36.3 Å². The summed E-state index contributed by atoms with van der Waals surface area (Å²) >= 11 is 0.444. The zero-order valence-corrected chi connectivity index (χ0v) is 55.3. The highest BCUT2D eigenvalue weighted by atomic mass is 32.2. The molecule has 0 N–H and O–H groups in total. The first-order chi connectivity index (χ1) is 55.4. The third-order valence-corrected chi connectivity index (χ3v) is 17.5. The molecule has 2 unspecified atom stereocenters. The zero-order valence-electron chi connectivity index (χ0n) is 76.7. The summed E-state index contributed by atoms with van der Waals surface area (Å²) in [7, 11) is 0. The molecule has 6 aromatic carbocycles. The number of rotatable bonds is 26. The number of carbonyl (C=O) groups excluding carboxylic acids is 2. The number of hydrogen-bond acceptors (Lipinski definition) is 10. The second-order valence-electron chi connectivity index (χ2n) is 22.0. The molecule has 0 radical (unpaired) electrons. The Kier molecular flexibility index (Phi) is 16.3. The van der Waals surface area contributed by atoms with E-state index >= 15 is 0 Å². The molecule has 0 saturated carbocycles. The first-order valence-corrected chi connectivity index (χ1v) is 32.3. The Hall–Kier alpha value is -7.92. The first kappa shape index (κ1) is 47.9. The van der Waals surface area contributed by atoms with Crippen molar-refractivity contribution in [2.24, 2.45) is 5.89 Å². The van der Waals surface area contributed by atoms with E-state index in [2.05, 4.69) is 14.9 Å². The van der Waals surface area contributed by atoms with E-state index in [0.717, 1.165) is 50.2 Å². The van der Waals surface area contributed by atoms with E-state index in [4.69, 9.17) is 27.4 Å².